The molecule has 3 N–H and O–H groups in total. The Morgan fingerprint density at radius 2 is 1.79 bits per heavy atom. The van der Waals surface area contributed by atoms with Crippen LogP contribution in [0.3, 0.4) is 0 Å². The lowest BCUT2D eigenvalue weighted by Gasteiger charge is -2.21. The van der Waals surface area contributed by atoms with E-state index in [1.165, 1.54) is 6.07 Å². The van der Waals surface area contributed by atoms with Crippen LogP contribution in [-0.2, 0) is 16.0 Å². The second kappa shape index (κ2) is 10.8. The summed E-state index contributed by atoms with van der Waals surface area (Å²) < 4.78 is 0. The number of aromatic nitrogens is 1. The van der Waals surface area contributed by atoms with Crippen LogP contribution in [0.5, 0.6) is 0 Å². The van der Waals surface area contributed by atoms with Gasteiger partial charge in [-0.25, -0.2) is 9.78 Å². The van der Waals surface area contributed by atoms with Gasteiger partial charge in [0.05, 0.1) is 5.56 Å². The molecule has 0 radical (unpaired) electrons. The Hall–Kier alpha value is -2.58. The molecule has 0 aliphatic rings. The van der Waals surface area contributed by atoms with Gasteiger partial charge < -0.3 is 15.7 Å². The van der Waals surface area contributed by atoms with E-state index < -0.39 is 29.9 Å². The number of carbonyl (C=O) groups is 3. The van der Waals surface area contributed by atoms with Gasteiger partial charge in [0.1, 0.15) is 17.2 Å². The minimum atomic E-state index is -1.16. The van der Waals surface area contributed by atoms with E-state index in [1.807, 2.05) is 6.07 Å². The van der Waals surface area contributed by atoms with Gasteiger partial charge in [-0.05, 0) is 36.8 Å². The Bertz CT molecular complexity index is 879. The lowest BCUT2D eigenvalue weighted by molar-refractivity contribution is -0.142. The third-order valence-corrected chi connectivity index (χ3v) is 4.72. The third kappa shape index (κ3) is 6.76. The first-order valence-electron chi connectivity index (χ1n) is 8.93. The van der Waals surface area contributed by atoms with Gasteiger partial charge >= 0.3 is 5.97 Å². The SMILES string of the molecule is Cc1ccc(C(=O)NC(CCS)C(=O)N[C@H](Cc2ccccc2)C(=O)O)c(Cl)n1. The predicted octanol–water partition coefficient (Wildman–Crippen LogP) is 2.27. The number of pyridine rings is 1. The topological polar surface area (TPSA) is 108 Å². The van der Waals surface area contributed by atoms with Crippen LogP contribution < -0.4 is 10.6 Å². The molecule has 2 atom stereocenters. The number of halogens is 1. The number of hydrogen-bond donors (Lipinski definition) is 4. The molecule has 0 bridgehead atoms. The Labute approximate surface area is 179 Å². The molecule has 0 aliphatic carbocycles. The van der Waals surface area contributed by atoms with E-state index in [-0.39, 0.29) is 23.6 Å². The molecular formula is C20H22ClN3O4S. The van der Waals surface area contributed by atoms with Crippen molar-refractivity contribution in [3.63, 3.8) is 0 Å². The first kappa shape index (κ1) is 22.7. The van der Waals surface area contributed by atoms with Crippen molar-refractivity contribution < 1.29 is 19.5 Å². The van der Waals surface area contributed by atoms with Crippen molar-refractivity contribution in [2.45, 2.75) is 31.8 Å². The first-order valence-corrected chi connectivity index (χ1v) is 9.94. The highest BCUT2D eigenvalue weighted by Crippen LogP contribution is 2.14. The molecule has 2 amide bonds. The van der Waals surface area contributed by atoms with Gasteiger partial charge in [-0.2, -0.15) is 12.6 Å². The number of carbonyl (C=O) groups excluding carboxylic acids is 2. The number of nitrogens with one attached hydrogen (secondary N) is 2. The summed E-state index contributed by atoms with van der Waals surface area (Å²) in [6, 6.07) is 10.0. The molecule has 2 rings (SSSR count). The number of rotatable bonds is 9. The van der Waals surface area contributed by atoms with Gasteiger partial charge in [0.25, 0.3) is 5.91 Å². The molecule has 7 nitrogen and oxygen atoms in total. The Balaban J connectivity index is 2.10. The maximum atomic E-state index is 12.7. The summed E-state index contributed by atoms with van der Waals surface area (Å²) in [7, 11) is 0. The number of aryl methyl sites for hydroxylation is 1. The minimum absolute atomic E-state index is 0.0278. The van der Waals surface area contributed by atoms with Gasteiger partial charge in [-0.3, -0.25) is 9.59 Å². The molecule has 0 fully saturated rings. The monoisotopic (exact) mass is 435 g/mol. The number of nitrogens with zero attached hydrogens (tertiary/aromatic N) is 1. The summed E-state index contributed by atoms with van der Waals surface area (Å²) in [5.41, 5.74) is 1.56. The molecule has 2 aromatic rings. The average Bonchev–Trinajstić information content (AvgIpc) is 2.67. The highest BCUT2D eigenvalue weighted by molar-refractivity contribution is 7.80. The van der Waals surface area contributed by atoms with Crippen LogP contribution in [0.4, 0.5) is 0 Å². The molecule has 0 spiro atoms. The minimum Gasteiger partial charge on any atom is -0.480 e. The molecule has 1 aromatic heterocycles. The van der Waals surface area contributed by atoms with Gasteiger partial charge in [-0.1, -0.05) is 41.9 Å². The van der Waals surface area contributed by atoms with Crippen molar-refractivity contribution in [1.29, 1.82) is 0 Å². The van der Waals surface area contributed by atoms with Gasteiger partial charge in [0.15, 0.2) is 0 Å². The zero-order valence-corrected chi connectivity index (χ0v) is 17.4. The fraction of sp³-hybridized carbons (Fsp3) is 0.300. The van der Waals surface area contributed by atoms with Gasteiger partial charge in [-0.15, -0.1) is 0 Å². The zero-order valence-electron chi connectivity index (χ0n) is 15.8. The third-order valence-electron chi connectivity index (χ3n) is 4.17. The molecule has 29 heavy (non-hydrogen) atoms. The highest BCUT2D eigenvalue weighted by Gasteiger charge is 2.27. The van der Waals surface area contributed by atoms with E-state index in [4.69, 9.17) is 11.6 Å². The maximum absolute atomic E-state index is 12.7. The lowest BCUT2D eigenvalue weighted by Crippen LogP contribution is -2.52. The van der Waals surface area contributed by atoms with E-state index in [0.29, 0.717) is 11.4 Å². The molecule has 1 aromatic carbocycles. The number of carboxylic acid groups (broad SMARTS) is 1. The van der Waals surface area contributed by atoms with E-state index in [0.717, 1.165) is 5.56 Å². The summed E-state index contributed by atoms with van der Waals surface area (Å²) in [5.74, 6) is -2.02. The summed E-state index contributed by atoms with van der Waals surface area (Å²) in [6.45, 7) is 1.74. The number of carboxylic acids is 1. The summed E-state index contributed by atoms with van der Waals surface area (Å²) >= 11 is 10.1. The van der Waals surface area contributed by atoms with Gasteiger partial charge in [0.2, 0.25) is 5.91 Å². The molecular weight excluding hydrogens is 414 g/mol. The number of amides is 2. The molecule has 0 saturated heterocycles. The highest BCUT2D eigenvalue weighted by atomic mass is 35.5. The lowest BCUT2D eigenvalue weighted by atomic mass is 10.1. The summed E-state index contributed by atoms with van der Waals surface area (Å²) in [5, 5.41) is 14.6. The first-order chi connectivity index (χ1) is 13.8. The van der Waals surface area contributed by atoms with E-state index in [9.17, 15) is 19.5 Å². The van der Waals surface area contributed by atoms with Crippen molar-refractivity contribution in [2.75, 3.05) is 5.75 Å². The van der Waals surface area contributed by atoms with Crippen molar-refractivity contribution in [2.24, 2.45) is 0 Å². The quantitative estimate of drug-likeness (QED) is 0.357. The number of thiol groups is 1. The van der Waals surface area contributed by atoms with Crippen LogP contribution in [0.25, 0.3) is 0 Å². The van der Waals surface area contributed by atoms with Crippen LogP contribution in [0, 0.1) is 6.92 Å². The van der Waals surface area contributed by atoms with E-state index in [2.05, 4.69) is 28.2 Å². The van der Waals surface area contributed by atoms with Crippen LogP contribution in [0.15, 0.2) is 42.5 Å². The summed E-state index contributed by atoms with van der Waals surface area (Å²) in [6.07, 6.45) is 0.340. The predicted molar refractivity (Wildman–Crippen MR) is 113 cm³/mol. The Morgan fingerprint density at radius 1 is 1.10 bits per heavy atom. The normalized spacial score (nSPS) is 12.7. The number of benzene rings is 1. The fourth-order valence-corrected chi connectivity index (χ4v) is 3.19. The second-order valence-corrected chi connectivity index (χ2v) is 7.22. The fourth-order valence-electron chi connectivity index (χ4n) is 2.65. The second-order valence-electron chi connectivity index (χ2n) is 6.42. The van der Waals surface area contributed by atoms with Gasteiger partial charge in [0, 0.05) is 12.1 Å². The largest absolute Gasteiger partial charge is 0.480 e. The maximum Gasteiger partial charge on any atom is 0.326 e. The van der Waals surface area contributed by atoms with Crippen LogP contribution in [0.2, 0.25) is 5.15 Å². The molecule has 9 heteroatoms. The van der Waals surface area contributed by atoms with Crippen molar-refractivity contribution in [1.82, 2.24) is 15.6 Å². The smallest absolute Gasteiger partial charge is 0.326 e. The number of aliphatic carboxylic acids is 1. The van der Waals surface area contributed by atoms with Crippen LogP contribution >= 0.6 is 24.2 Å². The van der Waals surface area contributed by atoms with Crippen molar-refractivity contribution in [3.05, 3.63) is 64.4 Å². The van der Waals surface area contributed by atoms with Crippen LogP contribution in [-0.4, -0.2) is 45.7 Å². The Kier molecular flexibility index (Phi) is 8.48. The molecule has 1 unspecified atom stereocenters. The average molecular weight is 436 g/mol. The molecule has 0 saturated carbocycles. The van der Waals surface area contributed by atoms with Crippen molar-refractivity contribution in [3.8, 4) is 0 Å². The molecule has 154 valence electrons. The standard InChI is InChI=1S/C20H22ClN3O4S/c1-12-7-8-14(17(21)22-12)18(25)23-15(9-10-29)19(26)24-16(20(27)28)11-13-5-3-2-4-6-13/h2-8,15-16,29H,9-11H2,1H3,(H,23,25)(H,24,26)(H,27,28)/t15?,16-/m1/s1. The van der Waals surface area contributed by atoms with E-state index in [1.54, 1.807) is 37.3 Å². The molecule has 1 heterocycles. The molecule has 0 aliphatic heterocycles. The van der Waals surface area contributed by atoms with Crippen LogP contribution in [0.1, 0.15) is 28.0 Å². The van der Waals surface area contributed by atoms with E-state index >= 15 is 0 Å². The Morgan fingerprint density at radius 3 is 2.38 bits per heavy atom. The number of hydrogen-bond acceptors (Lipinski definition) is 5. The van der Waals surface area contributed by atoms with Crippen molar-refractivity contribution >= 4 is 42.0 Å². The zero-order chi connectivity index (χ0) is 21.4. The summed E-state index contributed by atoms with van der Waals surface area (Å²) in [4.78, 5) is 40.8.